The minimum atomic E-state index is -1.28. The predicted molar refractivity (Wildman–Crippen MR) is 66.9 cm³/mol. The fourth-order valence-corrected chi connectivity index (χ4v) is 1.83. The molecule has 1 rings (SSSR count). The van der Waals surface area contributed by atoms with Gasteiger partial charge < -0.3 is 25.6 Å². The van der Waals surface area contributed by atoms with Crippen LogP contribution in [0.3, 0.4) is 0 Å². The third-order valence-corrected chi connectivity index (χ3v) is 2.80. The van der Waals surface area contributed by atoms with Crippen molar-refractivity contribution >= 4 is 12.0 Å². The molecule has 0 aromatic carbocycles. The van der Waals surface area contributed by atoms with Crippen LogP contribution in [-0.2, 0) is 9.53 Å². The highest BCUT2D eigenvalue weighted by Crippen LogP contribution is 1.98. The summed E-state index contributed by atoms with van der Waals surface area (Å²) in [7, 11) is 0. The maximum absolute atomic E-state index is 11.5. The minimum Gasteiger partial charge on any atom is -0.480 e. The summed E-state index contributed by atoms with van der Waals surface area (Å²) in [5, 5.41) is 22.3. The number of rotatable bonds is 6. The maximum atomic E-state index is 11.5. The third kappa shape index (κ3) is 5.86. The van der Waals surface area contributed by atoms with E-state index in [0.717, 1.165) is 13.1 Å². The summed E-state index contributed by atoms with van der Waals surface area (Å²) in [5.41, 5.74) is 0. The van der Waals surface area contributed by atoms with Crippen molar-refractivity contribution in [1.82, 2.24) is 15.5 Å². The number of aliphatic hydroxyl groups excluding tert-OH is 1. The van der Waals surface area contributed by atoms with Gasteiger partial charge in [0, 0.05) is 25.7 Å². The molecule has 0 saturated carbocycles. The number of amides is 2. The molecule has 2 amide bonds. The lowest BCUT2D eigenvalue weighted by Crippen LogP contribution is -2.52. The molecular weight excluding hydrogens is 254 g/mol. The number of carbonyl (C=O) groups excluding carboxylic acids is 1. The molecule has 4 N–H and O–H groups in total. The van der Waals surface area contributed by atoms with Crippen molar-refractivity contribution in [3.63, 3.8) is 0 Å². The van der Waals surface area contributed by atoms with Crippen LogP contribution in [0.2, 0.25) is 0 Å². The van der Waals surface area contributed by atoms with Crippen LogP contribution >= 0.6 is 0 Å². The van der Waals surface area contributed by atoms with E-state index in [1.807, 2.05) is 6.92 Å². The molecule has 0 radical (unpaired) electrons. The molecule has 0 aromatic heterocycles. The molecular formula is C11H21N3O5. The van der Waals surface area contributed by atoms with E-state index in [1.165, 1.54) is 0 Å². The van der Waals surface area contributed by atoms with Crippen LogP contribution in [0.25, 0.3) is 0 Å². The van der Waals surface area contributed by atoms with Crippen LogP contribution in [0.4, 0.5) is 4.79 Å². The van der Waals surface area contributed by atoms with Gasteiger partial charge >= 0.3 is 12.0 Å². The molecule has 0 spiro atoms. The molecule has 0 aromatic rings. The van der Waals surface area contributed by atoms with Gasteiger partial charge in [0.15, 0.2) is 6.04 Å². The number of hydrogen-bond acceptors (Lipinski definition) is 5. The largest absolute Gasteiger partial charge is 0.480 e. The van der Waals surface area contributed by atoms with Crippen molar-refractivity contribution in [3.8, 4) is 0 Å². The summed E-state index contributed by atoms with van der Waals surface area (Å²) in [5.74, 6) is -1.27. The molecule has 1 fully saturated rings. The van der Waals surface area contributed by atoms with Gasteiger partial charge in [0.2, 0.25) is 0 Å². The predicted octanol–water partition coefficient (Wildman–Crippen LogP) is -1.55. The highest BCUT2D eigenvalue weighted by molar-refractivity contribution is 5.82. The van der Waals surface area contributed by atoms with E-state index in [2.05, 4.69) is 15.5 Å². The number of aliphatic hydroxyl groups is 1. The zero-order chi connectivity index (χ0) is 14.3. The Morgan fingerprint density at radius 2 is 1.95 bits per heavy atom. The first kappa shape index (κ1) is 15.7. The van der Waals surface area contributed by atoms with Gasteiger partial charge in [-0.25, -0.2) is 9.59 Å². The van der Waals surface area contributed by atoms with Gasteiger partial charge in [0.1, 0.15) is 0 Å². The van der Waals surface area contributed by atoms with Gasteiger partial charge in [-0.2, -0.15) is 0 Å². The molecule has 0 aliphatic carbocycles. The van der Waals surface area contributed by atoms with Crippen LogP contribution in [0.1, 0.15) is 6.92 Å². The number of carboxylic acid groups (broad SMARTS) is 1. The van der Waals surface area contributed by atoms with E-state index in [1.54, 1.807) is 0 Å². The molecule has 19 heavy (non-hydrogen) atoms. The summed E-state index contributed by atoms with van der Waals surface area (Å²) in [4.78, 5) is 24.3. The average Bonchev–Trinajstić information content (AvgIpc) is 2.36. The lowest BCUT2D eigenvalue weighted by atomic mass is 10.3. The Labute approximate surface area is 111 Å². The molecule has 2 atom stereocenters. The van der Waals surface area contributed by atoms with Crippen molar-refractivity contribution in [3.05, 3.63) is 0 Å². The molecule has 1 unspecified atom stereocenters. The lowest BCUT2D eigenvalue weighted by Gasteiger charge is -2.29. The quantitative estimate of drug-likeness (QED) is 0.467. The zero-order valence-electron chi connectivity index (χ0n) is 11.0. The topological polar surface area (TPSA) is 111 Å². The second-order valence-electron chi connectivity index (χ2n) is 4.51. The Hall–Kier alpha value is -1.38. The Bertz CT molecular complexity index is 307. The highest BCUT2D eigenvalue weighted by atomic mass is 16.5. The number of nitrogens with one attached hydrogen (secondary N) is 2. The fourth-order valence-electron chi connectivity index (χ4n) is 1.83. The molecule has 0 bridgehead atoms. The number of ether oxygens (including phenoxy) is 1. The summed E-state index contributed by atoms with van der Waals surface area (Å²) in [6.45, 7) is 4.89. The molecule has 1 aliphatic rings. The first-order valence-electron chi connectivity index (χ1n) is 6.23. The Morgan fingerprint density at radius 3 is 2.47 bits per heavy atom. The van der Waals surface area contributed by atoms with Crippen molar-refractivity contribution in [2.75, 3.05) is 39.5 Å². The van der Waals surface area contributed by atoms with Crippen molar-refractivity contribution in [1.29, 1.82) is 0 Å². The van der Waals surface area contributed by atoms with Gasteiger partial charge in [0.25, 0.3) is 0 Å². The normalized spacial score (nSPS) is 19.5. The van der Waals surface area contributed by atoms with E-state index in [9.17, 15) is 9.59 Å². The van der Waals surface area contributed by atoms with Crippen LogP contribution in [0.5, 0.6) is 0 Å². The number of morpholine rings is 1. The smallest absolute Gasteiger partial charge is 0.328 e. The van der Waals surface area contributed by atoms with Crippen LogP contribution in [0, 0.1) is 0 Å². The SMILES string of the molecule is CC(CN1CCOCC1)NC(=O)N[C@@H](CO)C(=O)O. The molecule has 1 heterocycles. The highest BCUT2D eigenvalue weighted by Gasteiger charge is 2.20. The number of urea groups is 1. The van der Waals surface area contributed by atoms with Crippen LogP contribution < -0.4 is 10.6 Å². The Balaban J connectivity index is 2.28. The van der Waals surface area contributed by atoms with E-state index in [0.29, 0.717) is 19.8 Å². The fraction of sp³-hybridized carbons (Fsp3) is 0.818. The van der Waals surface area contributed by atoms with Crippen LogP contribution in [0.15, 0.2) is 0 Å². The third-order valence-electron chi connectivity index (χ3n) is 2.80. The van der Waals surface area contributed by atoms with Gasteiger partial charge in [-0.3, -0.25) is 4.90 Å². The van der Waals surface area contributed by atoms with Gasteiger partial charge in [0.05, 0.1) is 19.8 Å². The van der Waals surface area contributed by atoms with Gasteiger partial charge in [-0.1, -0.05) is 0 Å². The molecule has 8 nitrogen and oxygen atoms in total. The van der Waals surface area contributed by atoms with E-state index in [-0.39, 0.29) is 6.04 Å². The second kappa shape index (κ2) is 7.93. The van der Waals surface area contributed by atoms with E-state index >= 15 is 0 Å². The zero-order valence-corrected chi connectivity index (χ0v) is 11.0. The summed E-state index contributed by atoms with van der Waals surface area (Å²) in [6, 6.07) is -2.00. The van der Waals surface area contributed by atoms with Crippen molar-refractivity contribution in [2.45, 2.75) is 19.0 Å². The Morgan fingerprint density at radius 1 is 1.32 bits per heavy atom. The Kier molecular flexibility index (Phi) is 6.54. The maximum Gasteiger partial charge on any atom is 0.328 e. The standard InChI is InChI=1S/C11H21N3O5/c1-8(6-14-2-4-19-5-3-14)12-11(18)13-9(7-15)10(16)17/h8-9,15H,2-7H2,1H3,(H,16,17)(H2,12,13,18)/t8?,9-/m0/s1. The first-order chi connectivity index (χ1) is 9.02. The monoisotopic (exact) mass is 275 g/mol. The number of hydrogen-bond donors (Lipinski definition) is 4. The van der Waals surface area contributed by atoms with Crippen molar-refractivity contribution < 1.29 is 24.5 Å². The summed E-state index contributed by atoms with van der Waals surface area (Å²) >= 11 is 0. The van der Waals surface area contributed by atoms with Crippen molar-refractivity contribution in [2.24, 2.45) is 0 Å². The second-order valence-corrected chi connectivity index (χ2v) is 4.51. The number of nitrogens with zero attached hydrogens (tertiary/aromatic N) is 1. The average molecular weight is 275 g/mol. The number of carboxylic acids is 1. The van der Waals surface area contributed by atoms with Gasteiger partial charge in [-0.15, -0.1) is 0 Å². The molecule has 1 aliphatic heterocycles. The van der Waals surface area contributed by atoms with E-state index < -0.39 is 24.6 Å². The van der Waals surface area contributed by atoms with Crippen LogP contribution in [-0.4, -0.2) is 78.7 Å². The molecule has 110 valence electrons. The minimum absolute atomic E-state index is 0.119. The summed E-state index contributed by atoms with van der Waals surface area (Å²) < 4.78 is 5.22. The number of aliphatic carboxylic acids is 1. The first-order valence-corrected chi connectivity index (χ1v) is 6.23. The molecule has 8 heteroatoms. The lowest BCUT2D eigenvalue weighted by molar-refractivity contribution is -0.140. The van der Waals surface area contributed by atoms with Gasteiger partial charge in [-0.05, 0) is 6.92 Å². The van der Waals surface area contributed by atoms with E-state index in [4.69, 9.17) is 14.9 Å². The molecule has 1 saturated heterocycles. The summed E-state index contributed by atoms with van der Waals surface area (Å²) in [6.07, 6.45) is 0. The number of carbonyl (C=O) groups is 2.